The molecule has 1 aromatic rings. The van der Waals surface area contributed by atoms with Crippen molar-refractivity contribution in [3.8, 4) is 5.75 Å². The average molecular weight is 320 g/mol. The molecule has 1 aliphatic rings. The maximum Gasteiger partial charge on any atom is 0.414 e. The number of carbonyl (C=O) groups is 2. The van der Waals surface area contributed by atoms with E-state index in [-0.39, 0.29) is 5.91 Å². The van der Waals surface area contributed by atoms with Gasteiger partial charge in [-0.05, 0) is 43.5 Å². The van der Waals surface area contributed by atoms with Crippen molar-refractivity contribution in [1.82, 2.24) is 4.90 Å². The highest BCUT2D eigenvalue weighted by molar-refractivity contribution is 5.91. The number of likely N-dealkylation sites (N-methyl/N-ethyl adjacent to an activating group) is 1. The second kappa shape index (κ2) is 7.46. The number of amides is 2. The molecule has 2 amide bonds. The Balaban J connectivity index is 1.87. The summed E-state index contributed by atoms with van der Waals surface area (Å²) in [5.41, 5.74) is 0.711. The highest BCUT2D eigenvalue weighted by Gasteiger charge is 2.27. The van der Waals surface area contributed by atoms with E-state index in [1.54, 1.807) is 38.4 Å². The van der Waals surface area contributed by atoms with E-state index in [1.165, 1.54) is 24.2 Å². The van der Waals surface area contributed by atoms with Crippen LogP contribution in [0.25, 0.3) is 0 Å². The number of nitrogens with zero attached hydrogens (tertiary/aromatic N) is 2. The molecule has 6 heteroatoms. The van der Waals surface area contributed by atoms with E-state index >= 15 is 0 Å². The molecule has 0 atom stereocenters. The van der Waals surface area contributed by atoms with Gasteiger partial charge in [0.05, 0.1) is 20.1 Å². The number of likely N-dealkylation sites (tertiary alicyclic amines) is 1. The molecule has 0 radical (unpaired) electrons. The second-order valence-corrected chi connectivity index (χ2v) is 6.62. The van der Waals surface area contributed by atoms with Gasteiger partial charge in [-0.15, -0.1) is 0 Å². The molecule has 6 nitrogen and oxygen atoms in total. The van der Waals surface area contributed by atoms with Gasteiger partial charge in [0.15, 0.2) is 6.54 Å². The smallest absolute Gasteiger partial charge is 0.410 e. The first-order valence-electron chi connectivity index (χ1n) is 8.01. The Morgan fingerprint density at radius 2 is 1.74 bits per heavy atom. The molecule has 2 rings (SSSR count). The lowest BCUT2D eigenvalue weighted by atomic mass is 10.1. The van der Waals surface area contributed by atoms with Gasteiger partial charge in [0.25, 0.3) is 5.91 Å². The Kier molecular flexibility index (Phi) is 5.60. The van der Waals surface area contributed by atoms with Crippen LogP contribution in [0.5, 0.6) is 5.75 Å². The van der Waals surface area contributed by atoms with E-state index in [9.17, 15) is 9.59 Å². The number of anilines is 1. The van der Waals surface area contributed by atoms with Gasteiger partial charge in [0.1, 0.15) is 5.75 Å². The molecule has 0 aliphatic carbocycles. The minimum atomic E-state index is -0.427. The van der Waals surface area contributed by atoms with Gasteiger partial charge in [-0.2, -0.15) is 0 Å². The fourth-order valence-corrected chi connectivity index (χ4v) is 2.78. The van der Waals surface area contributed by atoms with Gasteiger partial charge in [-0.1, -0.05) is 0 Å². The predicted molar refractivity (Wildman–Crippen MR) is 89.4 cm³/mol. The maximum absolute atomic E-state index is 12.2. The summed E-state index contributed by atoms with van der Waals surface area (Å²) in [6.45, 7) is 2.62. The van der Waals surface area contributed by atoms with Crippen molar-refractivity contribution in [1.29, 1.82) is 0 Å². The first kappa shape index (κ1) is 17.3. The minimum absolute atomic E-state index is 0.0208. The Labute approximate surface area is 137 Å². The summed E-state index contributed by atoms with van der Waals surface area (Å²) in [6, 6.07) is 6.83. The number of rotatable bonds is 4. The number of hydrogen-bond donors (Lipinski definition) is 1. The fraction of sp³-hybridized carbons (Fsp3) is 0.529. The second-order valence-electron chi connectivity index (χ2n) is 6.62. The Morgan fingerprint density at radius 1 is 1.13 bits per heavy atom. The molecule has 0 bridgehead atoms. The van der Waals surface area contributed by atoms with Gasteiger partial charge in [0.2, 0.25) is 0 Å². The predicted octanol–water partition coefficient (Wildman–Crippen LogP) is 2.32. The molecule has 23 heavy (non-hydrogen) atoms. The van der Waals surface area contributed by atoms with Crippen LogP contribution < -0.4 is 10.1 Å². The molecule has 126 valence electrons. The first-order chi connectivity index (χ1) is 10.9. The third kappa shape index (κ3) is 5.25. The normalized spacial score (nSPS) is 16.5. The Morgan fingerprint density at radius 3 is 2.30 bits per heavy atom. The van der Waals surface area contributed by atoms with E-state index < -0.39 is 6.09 Å². The highest BCUT2D eigenvalue weighted by Crippen LogP contribution is 2.18. The molecule has 1 saturated heterocycles. The summed E-state index contributed by atoms with van der Waals surface area (Å²) >= 11 is 0. The van der Waals surface area contributed by atoms with Crippen LogP contribution in [0.15, 0.2) is 24.3 Å². The Bertz CT molecular complexity index is 549. The van der Waals surface area contributed by atoms with Crippen molar-refractivity contribution in [3.05, 3.63) is 24.3 Å². The third-order valence-corrected chi connectivity index (χ3v) is 4.13. The number of quaternary nitrogens is 1. The van der Waals surface area contributed by atoms with Gasteiger partial charge < -0.3 is 19.4 Å². The lowest BCUT2D eigenvalue weighted by Gasteiger charge is -2.37. The molecule has 0 saturated carbocycles. The number of benzene rings is 1. The van der Waals surface area contributed by atoms with Gasteiger partial charge >= 0.3 is 6.09 Å². The number of ether oxygens (including phenoxy) is 1. The highest BCUT2D eigenvalue weighted by atomic mass is 16.6. The zero-order chi connectivity index (χ0) is 16.9. The van der Waals surface area contributed by atoms with Crippen LogP contribution in [0.1, 0.15) is 19.3 Å². The van der Waals surface area contributed by atoms with Crippen molar-refractivity contribution < 1.29 is 18.8 Å². The zero-order valence-corrected chi connectivity index (χ0v) is 14.2. The number of piperidine rings is 1. The van der Waals surface area contributed by atoms with Crippen molar-refractivity contribution in [2.24, 2.45) is 0 Å². The molecule has 0 unspecified atom stereocenters. The Hall–Kier alpha value is -2.08. The van der Waals surface area contributed by atoms with Crippen LogP contribution in [-0.4, -0.2) is 62.2 Å². The van der Waals surface area contributed by atoms with Crippen molar-refractivity contribution >= 4 is 17.7 Å². The molecule has 1 aliphatic heterocycles. The van der Waals surface area contributed by atoms with Crippen LogP contribution in [0.4, 0.5) is 10.5 Å². The van der Waals surface area contributed by atoms with Crippen LogP contribution in [0.3, 0.4) is 0 Å². The molecule has 0 aromatic heterocycles. The molecule has 1 fully saturated rings. The summed E-state index contributed by atoms with van der Waals surface area (Å²) in [7, 11) is 5.39. The largest absolute Gasteiger partial charge is 0.414 e. The third-order valence-electron chi connectivity index (χ3n) is 4.13. The first-order valence-corrected chi connectivity index (χ1v) is 8.01. The summed E-state index contributed by atoms with van der Waals surface area (Å²) in [5.74, 6) is 0.476. The molecule has 1 heterocycles. The van der Waals surface area contributed by atoms with E-state index in [0.29, 0.717) is 18.0 Å². The van der Waals surface area contributed by atoms with Gasteiger partial charge in [-0.3, -0.25) is 4.79 Å². The van der Waals surface area contributed by atoms with Gasteiger partial charge in [-0.25, -0.2) is 4.79 Å². The van der Waals surface area contributed by atoms with Gasteiger partial charge in [0, 0.05) is 19.8 Å². The summed E-state index contributed by atoms with van der Waals surface area (Å²) < 4.78 is 5.95. The lowest BCUT2D eigenvalue weighted by Crippen LogP contribution is -2.51. The monoisotopic (exact) mass is 320 g/mol. The van der Waals surface area contributed by atoms with Crippen molar-refractivity contribution in [2.45, 2.75) is 19.3 Å². The summed E-state index contributed by atoms with van der Waals surface area (Å²) in [6.07, 6.45) is 3.22. The molecular formula is C17H26N3O3+. The summed E-state index contributed by atoms with van der Waals surface area (Å²) in [4.78, 5) is 25.0. The maximum atomic E-state index is 12.2. The van der Waals surface area contributed by atoms with E-state index in [4.69, 9.17) is 4.74 Å². The standard InChI is InChI=1S/C17H25N3O3/c1-19(2)17(22)23-15-9-7-14(8-10-15)18-16(21)13-20(3)11-5-4-6-12-20/h7-10H,4-6,11-13H2,1-3H3/p+1. The van der Waals surface area contributed by atoms with E-state index in [2.05, 4.69) is 12.4 Å². The number of carbonyl (C=O) groups excluding carboxylic acids is 2. The SMILES string of the molecule is CN(C)C(=O)Oc1ccc(NC(=O)C[N+]2(C)CCCCC2)cc1. The molecule has 1 aromatic carbocycles. The minimum Gasteiger partial charge on any atom is -0.410 e. The van der Waals surface area contributed by atoms with Crippen LogP contribution in [-0.2, 0) is 4.79 Å². The van der Waals surface area contributed by atoms with E-state index in [1.807, 2.05) is 0 Å². The summed E-state index contributed by atoms with van der Waals surface area (Å²) in [5, 5.41) is 2.91. The quantitative estimate of drug-likeness (QED) is 0.866. The molecule has 0 spiro atoms. The fourth-order valence-electron chi connectivity index (χ4n) is 2.78. The molecule has 1 N–H and O–H groups in total. The van der Waals surface area contributed by atoms with Crippen molar-refractivity contribution in [3.63, 3.8) is 0 Å². The van der Waals surface area contributed by atoms with Crippen LogP contribution >= 0.6 is 0 Å². The van der Waals surface area contributed by atoms with E-state index in [0.717, 1.165) is 17.6 Å². The van der Waals surface area contributed by atoms with Crippen molar-refractivity contribution in [2.75, 3.05) is 46.1 Å². The molecular weight excluding hydrogens is 294 g/mol. The topological polar surface area (TPSA) is 58.6 Å². The average Bonchev–Trinajstić information content (AvgIpc) is 2.49. The van der Waals surface area contributed by atoms with Crippen LogP contribution in [0.2, 0.25) is 0 Å². The zero-order valence-electron chi connectivity index (χ0n) is 14.2. The lowest BCUT2D eigenvalue weighted by molar-refractivity contribution is -0.906. The number of hydrogen-bond acceptors (Lipinski definition) is 3. The van der Waals surface area contributed by atoms with Crippen LogP contribution in [0, 0.1) is 0 Å². The number of nitrogens with one attached hydrogen (secondary N) is 1.